The van der Waals surface area contributed by atoms with E-state index in [1.165, 1.54) is 49.8 Å². The van der Waals surface area contributed by atoms with Gasteiger partial charge in [0.25, 0.3) is 0 Å². The van der Waals surface area contributed by atoms with Crippen LogP contribution in [0.4, 0.5) is 5.69 Å². The van der Waals surface area contributed by atoms with Crippen molar-refractivity contribution in [3.63, 3.8) is 0 Å². The first kappa shape index (κ1) is 15.4. The number of unbranched alkanes of at least 4 members (excludes halogenated alkanes) is 4. The molecule has 0 saturated heterocycles. The van der Waals surface area contributed by atoms with Crippen molar-refractivity contribution in [1.29, 1.82) is 0 Å². The summed E-state index contributed by atoms with van der Waals surface area (Å²) in [6.07, 6.45) is 9.13. The lowest BCUT2D eigenvalue weighted by Crippen LogP contribution is -2.01. The largest absolute Gasteiger partial charge is 0.385 e. The van der Waals surface area contributed by atoms with Crippen LogP contribution < -0.4 is 5.32 Å². The van der Waals surface area contributed by atoms with Gasteiger partial charge in [-0.25, -0.2) is 0 Å². The third kappa shape index (κ3) is 6.95. The van der Waals surface area contributed by atoms with Crippen molar-refractivity contribution in [2.75, 3.05) is 17.6 Å². The first-order valence-electron chi connectivity index (χ1n) is 7.30. The van der Waals surface area contributed by atoms with Gasteiger partial charge in [0.1, 0.15) is 0 Å². The predicted molar refractivity (Wildman–Crippen MR) is 85.9 cm³/mol. The van der Waals surface area contributed by atoms with Crippen LogP contribution >= 0.6 is 12.6 Å². The topological polar surface area (TPSA) is 12.0 Å². The Bertz CT molecular complexity index is 294. The van der Waals surface area contributed by atoms with Crippen molar-refractivity contribution in [2.24, 2.45) is 0 Å². The number of anilines is 1. The summed E-state index contributed by atoms with van der Waals surface area (Å²) in [5.41, 5.74) is 2.69. The second kappa shape index (κ2) is 10.3. The highest BCUT2D eigenvalue weighted by atomic mass is 32.1. The Morgan fingerprint density at radius 3 is 2.33 bits per heavy atom. The molecule has 1 aromatic carbocycles. The molecule has 0 spiro atoms. The molecule has 0 unspecified atom stereocenters. The summed E-state index contributed by atoms with van der Waals surface area (Å²) in [4.78, 5) is 0. The molecule has 1 N–H and O–H groups in total. The standard InChI is InChI=1S/C16H27NS/c1-2-3-4-5-6-8-15-9-11-16(12-10-15)17-13-7-14-18/h9-12,17-18H,2-8,13-14H2,1H3. The van der Waals surface area contributed by atoms with Gasteiger partial charge in [-0.05, 0) is 42.7 Å². The highest BCUT2D eigenvalue weighted by molar-refractivity contribution is 7.80. The van der Waals surface area contributed by atoms with Gasteiger partial charge < -0.3 is 5.32 Å². The molecular formula is C16H27NS. The van der Waals surface area contributed by atoms with Crippen molar-refractivity contribution in [3.8, 4) is 0 Å². The second-order valence-corrected chi connectivity index (χ2v) is 5.31. The minimum atomic E-state index is 0.947. The minimum Gasteiger partial charge on any atom is -0.385 e. The van der Waals surface area contributed by atoms with Gasteiger partial charge in [-0.3, -0.25) is 0 Å². The van der Waals surface area contributed by atoms with Crippen LogP contribution in [0.25, 0.3) is 0 Å². The molecule has 18 heavy (non-hydrogen) atoms. The second-order valence-electron chi connectivity index (χ2n) is 4.87. The Morgan fingerprint density at radius 1 is 0.944 bits per heavy atom. The lowest BCUT2D eigenvalue weighted by atomic mass is 10.1. The molecule has 1 nitrogen and oxygen atoms in total. The summed E-state index contributed by atoms with van der Waals surface area (Å²) in [7, 11) is 0. The van der Waals surface area contributed by atoms with E-state index in [1.807, 2.05) is 0 Å². The van der Waals surface area contributed by atoms with Gasteiger partial charge in [0, 0.05) is 12.2 Å². The Labute approximate surface area is 118 Å². The third-order valence-electron chi connectivity index (χ3n) is 3.19. The van der Waals surface area contributed by atoms with Gasteiger partial charge in [0.2, 0.25) is 0 Å². The van der Waals surface area contributed by atoms with E-state index < -0.39 is 0 Å². The van der Waals surface area contributed by atoms with Gasteiger partial charge in [-0.1, -0.05) is 44.7 Å². The molecule has 0 aliphatic carbocycles. The van der Waals surface area contributed by atoms with Crippen molar-refractivity contribution < 1.29 is 0 Å². The van der Waals surface area contributed by atoms with E-state index in [0.29, 0.717) is 0 Å². The fourth-order valence-corrected chi connectivity index (χ4v) is 2.19. The van der Waals surface area contributed by atoms with Gasteiger partial charge in [0.15, 0.2) is 0 Å². The van der Waals surface area contributed by atoms with Gasteiger partial charge in [-0.15, -0.1) is 0 Å². The SMILES string of the molecule is CCCCCCCc1ccc(NCCCS)cc1. The van der Waals surface area contributed by atoms with Crippen molar-refractivity contribution in [1.82, 2.24) is 0 Å². The summed E-state index contributed by atoms with van der Waals surface area (Å²) in [5.74, 6) is 0.947. The molecular weight excluding hydrogens is 238 g/mol. The molecule has 0 fully saturated rings. The monoisotopic (exact) mass is 265 g/mol. The number of thiol groups is 1. The minimum absolute atomic E-state index is 0.947. The number of aryl methyl sites for hydroxylation is 1. The van der Waals surface area contributed by atoms with Gasteiger partial charge >= 0.3 is 0 Å². The lowest BCUT2D eigenvalue weighted by molar-refractivity contribution is 0.632. The molecule has 0 aromatic heterocycles. The predicted octanol–water partition coefficient (Wildman–Crippen LogP) is 4.93. The van der Waals surface area contributed by atoms with E-state index in [4.69, 9.17) is 0 Å². The number of benzene rings is 1. The van der Waals surface area contributed by atoms with Crippen LogP contribution in [0.15, 0.2) is 24.3 Å². The maximum atomic E-state index is 4.21. The summed E-state index contributed by atoms with van der Waals surface area (Å²) in [5, 5.41) is 3.41. The quantitative estimate of drug-likeness (QED) is 0.451. The molecule has 0 saturated carbocycles. The number of rotatable bonds is 10. The number of hydrogen-bond acceptors (Lipinski definition) is 2. The molecule has 0 aliphatic heterocycles. The van der Waals surface area contributed by atoms with E-state index in [-0.39, 0.29) is 0 Å². The smallest absolute Gasteiger partial charge is 0.0340 e. The first-order valence-corrected chi connectivity index (χ1v) is 7.93. The molecule has 0 atom stereocenters. The van der Waals surface area contributed by atoms with Crippen LogP contribution in [0, 0.1) is 0 Å². The molecule has 0 bridgehead atoms. The van der Waals surface area contributed by atoms with E-state index >= 15 is 0 Å². The van der Waals surface area contributed by atoms with E-state index in [2.05, 4.69) is 49.1 Å². The van der Waals surface area contributed by atoms with Crippen LogP contribution in [0.1, 0.15) is 51.0 Å². The summed E-state index contributed by atoms with van der Waals surface area (Å²) in [6.45, 7) is 3.28. The Balaban J connectivity index is 2.19. The zero-order chi connectivity index (χ0) is 13.1. The van der Waals surface area contributed by atoms with Crippen molar-refractivity contribution in [2.45, 2.75) is 51.9 Å². The average molecular weight is 265 g/mol. The normalized spacial score (nSPS) is 10.6. The Kier molecular flexibility index (Phi) is 8.83. The molecule has 0 heterocycles. The van der Waals surface area contributed by atoms with Crippen LogP contribution in [-0.2, 0) is 6.42 Å². The number of nitrogens with one attached hydrogen (secondary N) is 1. The van der Waals surface area contributed by atoms with Gasteiger partial charge in [0.05, 0.1) is 0 Å². The fraction of sp³-hybridized carbons (Fsp3) is 0.625. The van der Waals surface area contributed by atoms with Crippen molar-refractivity contribution in [3.05, 3.63) is 29.8 Å². The zero-order valence-electron chi connectivity index (χ0n) is 11.6. The van der Waals surface area contributed by atoms with Crippen LogP contribution in [-0.4, -0.2) is 12.3 Å². The van der Waals surface area contributed by atoms with Crippen molar-refractivity contribution >= 4 is 18.3 Å². The van der Waals surface area contributed by atoms with E-state index in [1.54, 1.807) is 0 Å². The summed E-state index contributed by atoms with van der Waals surface area (Å²) in [6, 6.07) is 8.89. The summed E-state index contributed by atoms with van der Waals surface area (Å²) >= 11 is 4.21. The average Bonchev–Trinajstić information content (AvgIpc) is 2.40. The Morgan fingerprint density at radius 2 is 1.67 bits per heavy atom. The Hall–Kier alpha value is -0.630. The molecule has 0 aliphatic rings. The molecule has 0 amide bonds. The maximum Gasteiger partial charge on any atom is 0.0340 e. The zero-order valence-corrected chi connectivity index (χ0v) is 12.5. The molecule has 0 radical (unpaired) electrons. The first-order chi connectivity index (χ1) is 8.86. The summed E-state index contributed by atoms with van der Waals surface area (Å²) < 4.78 is 0. The molecule has 102 valence electrons. The lowest BCUT2D eigenvalue weighted by Gasteiger charge is -2.07. The van der Waals surface area contributed by atoms with Crippen LogP contribution in [0.2, 0.25) is 0 Å². The highest BCUT2D eigenvalue weighted by Gasteiger charge is 1.95. The van der Waals surface area contributed by atoms with Gasteiger partial charge in [-0.2, -0.15) is 12.6 Å². The third-order valence-corrected chi connectivity index (χ3v) is 3.50. The maximum absolute atomic E-state index is 4.21. The molecule has 2 heteroatoms. The van der Waals surface area contributed by atoms with Crippen LogP contribution in [0.5, 0.6) is 0 Å². The highest BCUT2D eigenvalue weighted by Crippen LogP contribution is 2.13. The van der Waals surface area contributed by atoms with E-state index in [0.717, 1.165) is 18.7 Å². The van der Waals surface area contributed by atoms with Crippen LogP contribution in [0.3, 0.4) is 0 Å². The molecule has 1 aromatic rings. The number of hydrogen-bond donors (Lipinski definition) is 2. The fourth-order valence-electron chi connectivity index (χ4n) is 2.03. The van der Waals surface area contributed by atoms with E-state index in [9.17, 15) is 0 Å². The molecule has 1 rings (SSSR count).